The molecule has 1 N–H and O–H groups in total. The summed E-state index contributed by atoms with van der Waals surface area (Å²) in [7, 11) is -2.15. The Kier molecular flexibility index (Phi) is 5.41. The van der Waals surface area contributed by atoms with E-state index in [1.807, 2.05) is 22.6 Å². The molecule has 1 rings (SSSR count). The average molecular weight is 362 g/mol. The summed E-state index contributed by atoms with van der Waals surface area (Å²) in [5.74, 6) is -0.426. The average Bonchev–Trinajstić information content (AvgIpc) is 2.78. The maximum absolute atomic E-state index is 11.7. The van der Waals surface area contributed by atoms with Crippen LogP contribution >= 0.6 is 22.6 Å². The largest absolute Gasteiger partial charge is 0.468 e. The highest BCUT2D eigenvalue weighted by Crippen LogP contribution is 2.11. The second-order valence-electron chi connectivity index (χ2n) is 3.45. The lowest BCUT2D eigenvalue weighted by atomic mass is 10.4. The molecular formula is C8H15IN2O4S. The predicted octanol–water partition coefficient (Wildman–Crippen LogP) is -0.107. The zero-order valence-electron chi connectivity index (χ0n) is 8.98. The van der Waals surface area contributed by atoms with E-state index >= 15 is 0 Å². The Morgan fingerprint density at radius 1 is 1.50 bits per heavy atom. The molecule has 0 aromatic carbocycles. The van der Waals surface area contributed by atoms with Crippen molar-refractivity contribution in [3.8, 4) is 0 Å². The smallest absolute Gasteiger partial charge is 0.319 e. The molecule has 94 valence electrons. The number of nitrogens with one attached hydrogen (secondary N) is 1. The van der Waals surface area contributed by atoms with Gasteiger partial charge in [0.1, 0.15) is 3.92 Å². The first-order valence-corrected chi connectivity index (χ1v) is 7.62. The van der Waals surface area contributed by atoms with Crippen LogP contribution in [0.15, 0.2) is 0 Å². The number of esters is 1. The molecule has 0 aromatic rings. The van der Waals surface area contributed by atoms with Crippen molar-refractivity contribution in [2.75, 3.05) is 26.7 Å². The zero-order chi connectivity index (χ0) is 12.2. The van der Waals surface area contributed by atoms with Crippen molar-refractivity contribution in [3.05, 3.63) is 0 Å². The van der Waals surface area contributed by atoms with E-state index in [9.17, 15) is 13.2 Å². The van der Waals surface area contributed by atoms with Crippen molar-refractivity contribution in [3.63, 3.8) is 0 Å². The third-order valence-electron chi connectivity index (χ3n) is 2.31. The molecule has 1 heterocycles. The minimum Gasteiger partial charge on any atom is -0.468 e. The normalized spacial score (nSPS) is 19.6. The summed E-state index contributed by atoms with van der Waals surface area (Å²) in [6.07, 6.45) is 1.79. The van der Waals surface area contributed by atoms with E-state index in [1.54, 1.807) is 0 Å². The van der Waals surface area contributed by atoms with Gasteiger partial charge in [0.15, 0.2) is 0 Å². The minimum atomic E-state index is -3.43. The number of carbonyl (C=O) groups excluding carboxylic acids is 1. The van der Waals surface area contributed by atoms with Gasteiger partial charge in [-0.3, -0.25) is 4.79 Å². The molecule has 0 radical (unpaired) electrons. The van der Waals surface area contributed by atoms with Gasteiger partial charge in [0, 0.05) is 19.6 Å². The monoisotopic (exact) mass is 362 g/mol. The lowest BCUT2D eigenvalue weighted by Crippen LogP contribution is -2.42. The van der Waals surface area contributed by atoms with Crippen LogP contribution in [0.1, 0.15) is 12.8 Å². The second kappa shape index (κ2) is 6.12. The molecule has 0 saturated carbocycles. The fraction of sp³-hybridized carbons (Fsp3) is 0.875. The number of hydrogen-bond donors (Lipinski definition) is 1. The lowest BCUT2D eigenvalue weighted by Gasteiger charge is -2.17. The van der Waals surface area contributed by atoms with E-state index in [0.29, 0.717) is 13.1 Å². The molecule has 1 unspecified atom stereocenters. The van der Waals surface area contributed by atoms with E-state index in [4.69, 9.17) is 0 Å². The number of nitrogens with zero attached hydrogens (tertiary/aromatic N) is 1. The minimum absolute atomic E-state index is 0.0616. The quantitative estimate of drug-likeness (QED) is 0.421. The van der Waals surface area contributed by atoms with E-state index in [2.05, 4.69) is 9.46 Å². The molecule has 1 aliphatic rings. The van der Waals surface area contributed by atoms with Crippen molar-refractivity contribution in [2.24, 2.45) is 0 Å². The fourth-order valence-electron chi connectivity index (χ4n) is 1.41. The van der Waals surface area contributed by atoms with Gasteiger partial charge >= 0.3 is 5.97 Å². The summed E-state index contributed by atoms with van der Waals surface area (Å²) in [5.41, 5.74) is 0. The van der Waals surface area contributed by atoms with Crippen molar-refractivity contribution in [2.45, 2.75) is 16.8 Å². The summed E-state index contributed by atoms with van der Waals surface area (Å²) in [4.78, 5) is 11.1. The van der Waals surface area contributed by atoms with Crippen LogP contribution in [-0.2, 0) is 19.7 Å². The Morgan fingerprint density at radius 2 is 2.06 bits per heavy atom. The van der Waals surface area contributed by atoms with Crippen LogP contribution < -0.4 is 4.72 Å². The van der Waals surface area contributed by atoms with Crippen LogP contribution in [0, 0.1) is 0 Å². The van der Waals surface area contributed by atoms with E-state index in [0.717, 1.165) is 12.8 Å². The van der Waals surface area contributed by atoms with Gasteiger partial charge in [0.25, 0.3) is 10.2 Å². The van der Waals surface area contributed by atoms with Crippen molar-refractivity contribution >= 4 is 38.8 Å². The number of alkyl halides is 1. The van der Waals surface area contributed by atoms with Crippen LogP contribution in [0.2, 0.25) is 0 Å². The lowest BCUT2D eigenvalue weighted by molar-refractivity contribution is -0.139. The van der Waals surface area contributed by atoms with Gasteiger partial charge in [-0.1, -0.05) is 22.6 Å². The van der Waals surface area contributed by atoms with Crippen LogP contribution in [0.5, 0.6) is 0 Å². The number of ether oxygens (including phenoxy) is 1. The summed E-state index contributed by atoms with van der Waals surface area (Å²) in [6.45, 7) is 1.17. The first-order chi connectivity index (χ1) is 7.47. The molecule has 0 spiro atoms. The van der Waals surface area contributed by atoms with Gasteiger partial charge in [-0.05, 0) is 12.8 Å². The van der Waals surface area contributed by atoms with Gasteiger partial charge < -0.3 is 4.74 Å². The number of rotatable bonds is 5. The van der Waals surface area contributed by atoms with Crippen molar-refractivity contribution < 1.29 is 17.9 Å². The fourth-order valence-corrected chi connectivity index (χ4v) is 3.48. The van der Waals surface area contributed by atoms with E-state index in [1.165, 1.54) is 11.4 Å². The molecule has 16 heavy (non-hydrogen) atoms. The number of halogens is 1. The summed E-state index contributed by atoms with van der Waals surface area (Å²) < 4.78 is 31.2. The molecule has 1 saturated heterocycles. The molecule has 0 aliphatic carbocycles. The summed E-state index contributed by atoms with van der Waals surface area (Å²) in [5, 5.41) is 0. The van der Waals surface area contributed by atoms with Gasteiger partial charge in [0.05, 0.1) is 7.11 Å². The Hall–Kier alpha value is 0.0700. The molecule has 0 aromatic heterocycles. The van der Waals surface area contributed by atoms with Gasteiger partial charge in [0.2, 0.25) is 0 Å². The number of carbonyl (C=O) groups is 1. The van der Waals surface area contributed by atoms with Crippen molar-refractivity contribution in [1.82, 2.24) is 9.03 Å². The molecule has 0 bridgehead atoms. The standard InChI is InChI=1S/C8H15IN2O4S/c1-15-8(12)7(9)6-10-16(13,14)11-4-2-3-5-11/h7,10H,2-6H2,1H3. The maximum atomic E-state index is 11.7. The first-order valence-electron chi connectivity index (χ1n) is 4.94. The van der Waals surface area contributed by atoms with E-state index < -0.39 is 20.1 Å². The Bertz CT molecular complexity index is 340. The van der Waals surface area contributed by atoms with Crippen molar-refractivity contribution in [1.29, 1.82) is 0 Å². The maximum Gasteiger partial charge on any atom is 0.319 e. The third kappa shape index (κ3) is 3.82. The second-order valence-corrected chi connectivity index (χ2v) is 6.71. The predicted molar refractivity (Wildman–Crippen MR) is 67.6 cm³/mol. The van der Waals surface area contributed by atoms with Crippen LogP contribution in [0.25, 0.3) is 0 Å². The van der Waals surface area contributed by atoms with Gasteiger partial charge in [-0.15, -0.1) is 0 Å². The SMILES string of the molecule is COC(=O)C(I)CNS(=O)(=O)N1CCCC1. The van der Waals surface area contributed by atoms with E-state index in [-0.39, 0.29) is 6.54 Å². The number of hydrogen-bond acceptors (Lipinski definition) is 4. The summed E-state index contributed by atoms with van der Waals surface area (Å²) >= 11 is 1.85. The molecule has 1 atom stereocenters. The Labute approximate surface area is 109 Å². The molecule has 1 fully saturated rings. The highest BCUT2D eigenvalue weighted by atomic mass is 127. The van der Waals surface area contributed by atoms with Crippen LogP contribution in [0.4, 0.5) is 0 Å². The van der Waals surface area contributed by atoms with Crippen LogP contribution in [0.3, 0.4) is 0 Å². The van der Waals surface area contributed by atoms with Gasteiger partial charge in [-0.2, -0.15) is 12.7 Å². The highest BCUT2D eigenvalue weighted by Gasteiger charge is 2.26. The Morgan fingerprint density at radius 3 is 2.56 bits per heavy atom. The third-order valence-corrected chi connectivity index (χ3v) is 4.83. The topological polar surface area (TPSA) is 75.7 Å². The highest BCUT2D eigenvalue weighted by molar-refractivity contribution is 14.1. The zero-order valence-corrected chi connectivity index (χ0v) is 12.0. The molecule has 1 aliphatic heterocycles. The first kappa shape index (κ1) is 14.1. The molecular weight excluding hydrogens is 347 g/mol. The van der Waals surface area contributed by atoms with Crippen LogP contribution in [-0.4, -0.2) is 49.4 Å². The summed E-state index contributed by atoms with van der Waals surface area (Å²) in [6, 6.07) is 0. The Balaban J connectivity index is 2.44. The molecule has 0 amide bonds. The van der Waals surface area contributed by atoms with Gasteiger partial charge in [-0.25, -0.2) is 4.72 Å². The molecule has 6 nitrogen and oxygen atoms in total. The number of methoxy groups -OCH3 is 1. The molecule has 8 heteroatoms.